The number of hydrogen-bond donors (Lipinski definition) is 0. The molecule has 0 aromatic heterocycles. The second-order valence-electron chi connectivity index (χ2n) is 5.06. The van der Waals surface area contributed by atoms with Gasteiger partial charge in [-0.05, 0) is 36.1 Å². The van der Waals surface area contributed by atoms with Gasteiger partial charge in [0.2, 0.25) is 0 Å². The lowest BCUT2D eigenvalue weighted by molar-refractivity contribution is -0.137. The molecule has 0 spiro atoms. The van der Waals surface area contributed by atoms with Gasteiger partial charge in [0.15, 0.2) is 0 Å². The summed E-state index contributed by atoms with van der Waals surface area (Å²) in [5.41, 5.74) is 0.284. The molecule has 0 saturated heterocycles. The minimum absolute atomic E-state index is 0.117. The Hall–Kier alpha value is -1.95. The highest BCUT2D eigenvalue weighted by Crippen LogP contribution is 2.30. The number of hydrogen-bond acceptors (Lipinski definition) is 2. The summed E-state index contributed by atoms with van der Waals surface area (Å²) in [4.78, 5) is 14.8. The first-order valence-corrected chi connectivity index (χ1v) is 8.10. The van der Waals surface area contributed by atoms with E-state index in [0.717, 1.165) is 17.0 Å². The molecule has 122 valence electrons. The molecule has 0 unspecified atom stereocenters. The first-order valence-electron chi connectivity index (χ1n) is 6.87. The Morgan fingerprint density at radius 2 is 1.83 bits per heavy atom. The predicted molar refractivity (Wildman–Crippen MR) is 85.5 cm³/mol. The van der Waals surface area contributed by atoms with Gasteiger partial charge in [-0.3, -0.25) is 4.79 Å². The number of rotatable bonds is 4. The number of nitrogens with zero attached hydrogens (tertiary/aromatic N) is 1. The third kappa shape index (κ3) is 4.28. The standard InChI is InChI=1S/C17H16F3NOS/c1-21(16(22)14-8-3-4-9-15(14)23-2)11-12-6-5-7-13(10-12)17(18,19)20/h3-10H,11H2,1-2H3. The minimum atomic E-state index is -4.38. The molecular weight excluding hydrogens is 323 g/mol. The van der Waals surface area contributed by atoms with E-state index in [0.29, 0.717) is 11.1 Å². The molecule has 2 rings (SSSR count). The molecule has 2 aromatic rings. The number of halogens is 3. The number of alkyl halides is 3. The lowest BCUT2D eigenvalue weighted by Crippen LogP contribution is -2.26. The topological polar surface area (TPSA) is 20.3 Å². The van der Waals surface area contributed by atoms with Gasteiger partial charge in [-0.25, -0.2) is 0 Å². The molecule has 0 aliphatic carbocycles. The van der Waals surface area contributed by atoms with Crippen molar-refractivity contribution in [1.82, 2.24) is 4.90 Å². The van der Waals surface area contributed by atoms with Crippen LogP contribution in [0.15, 0.2) is 53.4 Å². The summed E-state index contributed by atoms with van der Waals surface area (Å²) in [6, 6.07) is 12.2. The molecule has 0 aliphatic rings. The van der Waals surface area contributed by atoms with Gasteiger partial charge in [0, 0.05) is 18.5 Å². The van der Waals surface area contributed by atoms with E-state index in [9.17, 15) is 18.0 Å². The molecule has 23 heavy (non-hydrogen) atoms. The highest BCUT2D eigenvalue weighted by atomic mass is 32.2. The maximum Gasteiger partial charge on any atom is 0.416 e. The van der Waals surface area contributed by atoms with E-state index >= 15 is 0 Å². The number of amides is 1. The van der Waals surface area contributed by atoms with Gasteiger partial charge in [-0.15, -0.1) is 11.8 Å². The van der Waals surface area contributed by atoms with Crippen molar-refractivity contribution in [3.63, 3.8) is 0 Å². The van der Waals surface area contributed by atoms with Crippen LogP contribution in [0.25, 0.3) is 0 Å². The molecule has 0 N–H and O–H groups in total. The van der Waals surface area contributed by atoms with Crippen LogP contribution in [0.1, 0.15) is 21.5 Å². The number of benzene rings is 2. The third-order valence-corrected chi connectivity index (χ3v) is 4.15. The van der Waals surface area contributed by atoms with Gasteiger partial charge in [0.25, 0.3) is 5.91 Å². The van der Waals surface area contributed by atoms with Crippen molar-refractivity contribution < 1.29 is 18.0 Å². The molecule has 2 aromatic carbocycles. The van der Waals surface area contributed by atoms with E-state index in [1.807, 2.05) is 18.4 Å². The Morgan fingerprint density at radius 1 is 1.13 bits per heavy atom. The summed E-state index contributed by atoms with van der Waals surface area (Å²) < 4.78 is 38.2. The number of carbonyl (C=O) groups excluding carboxylic acids is 1. The van der Waals surface area contributed by atoms with Crippen LogP contribution in [0, 0.1) is 0 Å². The quantitative estimate of drug-likeness (QED) is 0.753. The van der Waals surface area contributed by atoms with Gasteiger partial charge in [0.05, 0.1) is 11.1 Å². The van der Waals surface area contributed by atoms with Crippen LogP contribution in [0.3, 0.4) is 0 Å². The molecule has 0 radical (unpaired) electrons. The zero-order valence-electron chi connectivity index (χ0n) is 12.7. The fourth-order valence-electron chi connectivity index (χ4n) is 2.22. The molecule has 0 fully saturated rings. The summed E-state index contributed by atoms with van der Waals surface area (Å²) in [6.07, 6.45) is -2.51. The van der Waals surface area contributed by atoms with E-state index in [1.54, 1.807) is 25.2 Å². The van der Waals surface area contributed by atoms with E-state index < -0.39 is 11.7 Å². The normalized spacial score (nSPS) is 11.3. The summed E-state index contributed by atoms with van der Waals surface area (Å²) in [6.45, 7) is 0.117. The SMILES string of the molecule is CSc1ccccc1C(=O)N(C)Cc1cccc(C(F)(F)F)c1. The Kier molecular flexibility index (Phi) is 5.36. The van der Waals surface area contributed by atoms with Crippen molar-refractivity contribution in [3.8, 4) is 0 Å². The lowest BCUT2D eigenvalue weighted by atomic mass is 10.1. The van der Waals surface area contributed by atoms with E-state index in [-0.39, 0.29) is 12.5 Å². The van der Waals surface area contributed by atoms with Gasteiger partial charge < -0.3 is 4.90 Å². The highest BCUT2D eigenvalue weighted by molar-refractivity contribution is 7.98. The summed E-state index contributed by atoms with van der Waals surface area (Å²) in [7, 11) is 1.58. The Labute approximate surface area is 137 Å². The molecule has 2 nitrogen and oxygen atoms in total. The second-order valence-corrected chi connectivity index (χ2v) is 5.91. The Morgan fingerprint density at radius 3 is 2.48 bits per heavy atom. The van der Waals surface area contributed by atoms with Crippen molar-refractivity contribution in [2.75, 3.05) is 13.3 Å². The van der Waals surface area contributed by atoms with Gasteiger partial charge in [0.1, 0.15) is 0 Å². The Bertz CT molecular complexity index is 700. The minimum Gasteiger partial charge on any atom is -0.337 e. The monoisotopic (exact) mass is 339 g/mol. The first kappa shape index (κ1) is 17.4. The van der Waals surface area contributed by atoms with Crippen LogP contribution in [0.5, 0.6) is 0 Å². The maximum absolute atomic E-state index is 12.7. The smallest absolute Gasteiger partial charge is 0.337 e. The molecule has 6 heteroatoms. The predicted octanol–water partition coefficient (Wildman–Crippen LogP) is 4.70. The molecule has 0 saturated carbocycles. The lowest BCUT2D eigenvalue weighted by Gasteiger charge is -2.19. The molecule has 0 bridgehead atoms. The molecule has 1 amide bonds. The average molecular weight is 339 g/mol. The van der Waals surface area contributed by atoms with Crippen LogP contribution in [0.4, 0.5) is 13.2 Å². The molecule has 0 aliphatic heterocycles. The maximum atomic E-state index is 12.7. The van der Waals surface area contributed by atoms with E-state index in [4.69, 9.17) is 0 Å². The van der Waals surface area contributed by atoms with Crippen LogP contribution >= 0.6 is 11.8 Å². The zero-order chi connectivity index (χ0) is 17.0. The average Bonchev–Trinajstić information content (AvgIpc) is 2.53. The van der Waals surface area contributed by atoms with Crippen molar-refractivity contribution in [3.05, 3.63) is 65.2 Å². The summed E-state index contributed by atoms with van der Waals surface area (Å²) in [5.74, 6) is -0.215. The van der Waals surface area contributed by atoms with Gasteiger partial charge >= 0.3 is 6.18 Å². The van der Waals surface area contributed by atoms with Crippen LogP contribution < -0.4 is 0 Å². The zero-order valence-corrected chi connectivity index (χ0v) is 13.5. The summed E-state index contributed by atoms with van der Waals surface area (Å²) in [5, 5.41) is 0. The van der Waals surface area contributed by atoms with Gasteiger partial charge in [-0.1, -0.05) is 24.3 Å². The fourth-order valence-corrected chi connectivity index (χ4v) is 2.81. The van der Waals surface area contributed by atoms with Crippen LogP contribution in [-0.4, -0.2) is 24.1 Å². The largest absolute Gasteiger partial charge is 0.416 e. The number of thioether (sulfide) groups is 1. The van der Waals surface area contributed by atoms with E-state index in [1.165, 1.54) is 22.7 Å². The second kappa shape index (κ2) is 7.08. The van der Waals surface area contributed by atoms with E-state index in [2.05, 4.69) is 0 Å². The van der Waals surface area contributed by atoms with Crippen molar-refractivity contribution in [2.45, 2.75) is 17.6 Å². The van der Waals surface area contributed by atoms with Crippen LogP contribution in [-0.2, 0) is 12.7 Å². The number of carbonyl (C=O) groups is 1. The third-order valence-electron chi connectivity index (χ3n) is 3.36. The first-order chi connectivity index (χ1) is 10.8. The highest BCUT2D eigenvalue weighted by Gasteiger charge is 2.30. The van der Waals surface area contributed by atoms with Crippen molar-refractivity contribution in [2.24, 2.45) is 0 Å². The molecule has 0 heterocycles. The Balaban J connectivity index is 2.19. The fraction of sp³-hybridized carbons (Fsp3) is 0.235. The molecule has 0 atom stereocenters. The van der Waals surface area contributed by atoms with Gasteiger partial charge in [-0.2, -0.15) is 13.2 Å². The summed E-state index contributed by atoms with van der Waals surface area (Å²) >= 11 is 1.46. The van der Waals surface area contributed by atoms with Crippen LogP contribution in [0.2, 0.25) is 0 Å². The van der Waals surface area contributed by atoms with Crippen molar-refractivity contribution >= 4 is 17.7 Å². The molecular formula is C17H16F3NOS. The van der Waals surface area contributed by atoms with Crippen molar-refractivity contribution in [1.29, 1.82) is 0 Å².